The third kappa shape index (κ3) is 0.605. The van der Waals surface area contributed by atoms with Gasteiger partial charge >= 0.3 is 0 Å². The summed E-state index contributed by atoms with van der Waals surface area (Å²) in [5, 5.41) is 0. The summed E-state index contributed by atoms with van der Waals surface area (Å²) in [6.45, 7) is 5.61. The molecule has 0 aliphatic heterocycles. The highest BCUT2D eigenvalue weighted by atomic mass is 16.1. The van der Waals surface area contributed by atoms with Crippen LogP contribution in [0.4, 0.5) is 0 Å². The molecule has 1 heteroatoms. The van der Waals surface area contributed by atoms with Crippen LogP contribution in [0.15, 0.2) is 0 Å². The van der Waals surface area contributed by atoms with Crippen molar-refractivity contribution < 1.29 is 8.91 Å². The first-order valence-electron chi connectivity index (χ1n) is 5.70. The predicted molar refractivity (Wildman–Crippen MR) is 44.2 cm³/mol. The van der Waals surface area contributed by atoms with Gasteiger partial charge in [0, 0.05) is 15.9 Å². The van der Waals surface area contributed by atoms with Crippen molar-refractivity contribution in [3.8, 4) is 0 Å². The second-order valence-corrected chi connectivity index (χ2v) is 4.41. The van der Waals surface area contributed by atoms with Gasteiger partial charge < -0.3 is 0 Å². The van der Waals surface area contributed by atoms with Crippen LogP contribution in [0.25, 0.3) is 0 Å². The maximum Gasteiger partial charge on any atom is 0.139 e. The molecule has 0 aromatic heterocycles. The van der Waals surface area contributed by atoms with Crippen LogP contribution < -0.4 is 0 Å². The molecule has 3 unspecified atom stereocenters. The van der Waals surface area contributed by atoms with Crippen LogP contribution in [-0.4, -0.2) is 5.78 Å². The van der Waals surface area contributed by atoms with Crippen LogP contribution in [0.3, 0.4) is 0 Å². The van der Waals surface area contributed by atoms with E-state index in [1.165, 1.54) is 0 Å². The Hall–Kier alpha value is -0.330. The summed E-state index contributed by atoms with van der Waals surface area (Å²) in [7, 11) is 0. The highest BCUT2D eigenvalue weighted by molar-refractivity contribution is 5.89. The van der Waals surface area contributed by atoms with Gasteiger partial charge in [-0.15, -0.1) is 0 Å². The summed E-state index contributed by atoms with van der Waals surface area (Å²) in [6.07, 6.45) is -2.10. The standard InChI is InChI=1S/C10H16O/c1-9(2)7-4-5-10(9,3)8(11)6-7/h7H,4-6H2,1-3H3/i4D2,5D. The van der Waals surface area contributed by atoms with Crippen molar-refractivity contribution in [2.45, 2.75) is 40.0 Å². The normalized spacial score (nSPS) is 62.1. The lowest BCUT2D eigenvalue weighted by atomic mass is 9.70. The highest BCUT2D eigenvalue weighted by Crippen LogP contribution is 2.63. The van der Waals surface area contributed by atoms with Crippen LogP contribution in [0, 0.1) is 16.7 Å². The Morgan fingerprint density at radius 3 is 2.55 bits per heavy atom. The van der Waals surface area contributed by atoms with Gasteiger partial charge in [-0.05, 0) is 24.1 Å². The lowest BCUT2D eigenvalue weighted by Crippen LogP contribution is -2.32. The Morgan fingerprint density at radius 2 is 2.18 bits per heavy atom. The third-order valence-electron chi connectivity index (χ3n) is 3.75. The fraction of sp³-hybridized carbons (Fsp3) is 0.900. The molecule has 0 aromatic carbocycles. The lowest BCUT2D eigenvalue weighted by molar-refractivity contribution is -0.128. The molecule has 0 saturated heterocycles. The topological polar surface area (TPSA) is 17.1 Å². The van der Waals surface area contributed by atoms with E-state index in [0.717, 1.165) is 0 Å². The van der Waals surface area contributed by atoms with Crippen LogP contribution in [0.5, 0.6) is 0 Å². The number of hydrogen-bond acceptors (Lipinski definition) is 1. The van der Waals surface area contributed by atoms with E-state index < -0.39 is 18.2 Å². The van der Waals surface area contributed by atoms with E-state index in [1.54, 1.807) is 6.92 Å². The van der Waals surface area contributed by atoms with Crippen molar-refractivity contribution in [2.24, 2.45) is 16.7 Å². The molecule has 1 nitrogen and oxygen atoms in total. The molecule has 2 fully saturated rings. The molecule has 0 N–H and O–H groups in total. The number of rotatable bonds is 0. The van der Waals surface area contributed by atoms with Crippen LogP contribution >= 0.6 is 0 Å². The summed E-state index contributed by atoms with van der Waals surface area (Å²) in [5.74, 6) is -0.211. The predicted octanol–water partition coefficient (Wildman–Crippen LogP) is 2.40. The maximum atomic E-state index is 11.8. The minimum absolute atomic E-state index is 0.0719. The summed E-state index contributed by atoms with van der Waals surface area (Å²) in [6, 6.07) is 0. The zero-order chi connectivity index (χ0) is 10.9. The molecule has 0 spiro atoms. The van der Waals surface area contributed by atoms with Crippen LogP contribution in [-0.2, 0) is 4.79 Å². The van der Waals surface area contributed by atoms with Gasteiger partial charge in [-0.25, -0.2) is 0 Å². The van der Waals surface area contributed by atoms with E-state index in [2.05, 4.69) is 0 Å². The Kier molecular flexibility index (Phi) is 0.717. The fourth-order valence-electron chi connectivity index (χ4n) is 2.17. The fourth-order valence-corrected chi connectivity index (χ4v) is 2.17. The van der Waals surface area contributed by atoms with Crippen molar-refractivity contribution in [3.05, 3.63) is 0 Å². The Morgan fingerprint density at radius 1 is 1.55 bits per heavy atom. The zero-order valence-corrected chi connectivity index (χ0v) is 7.27. The average molecular weight is 155 g/mol. The molecule has 11 heavy (non-hydrogen) atoms. The van der Waals surface area contributed by atoms with Gasteiger partial charge in [-0.1, -0.05) is 20.8 Å². The van der Waals surface area contributed by atoms with Crippen molar-refractivity contribution in [1.82, 2.24) is 0 Å². The molecule has 2 saturated carbocycles. The molecule has 2 aliphatic carbocycles. The Balaban J connectivity index is 2.61. The number of carbonyl (C=O) groups is 1. The van der Waals surface area contributed by atoms with Crippen LogP contribution in [0.2, 0.25) is 0 Å². The number of ketones is 1. The minimum atomic E-state index is -1.51. The third-order valence-corrected chi connectivity index (χ3v) is 3.75. The van der Waals surface area contributed by atoms with E-state index in [9.17, 15) is 4.79 Å². The molecule has 3 atom stereocenters. The van der Waals surface area contributed by atoms with Gasteiger partial charge in [0.1, 0.15) is 5.78 Å². The summed E-state index contributed by atoms with van der Waals surface area (Å²) in [5.41, 5.74) is -1.17. The Bertz CT molecular complexity index is 310. The second kappa shape index (κ2) is 1.70. The SMILES string of the molecule is [2H]C1C([2H])([2H])C2CC(=O)C1(C)C2(C)C. The summed E-state index contributed by atoms with van der Waals surface area (Å²) >= 11 is 0. The number of hydrogen-bond donors (Lipinski definition) is 0. The van der Waals surface area contributed by atoms with Crippen molar-refractivity contribution in [1.29, 1.82) is 0 Å². The molecule has 2 bridgehead atoms. The molecule has 0 heterocycles. The van der Waals surface area contributed by atoms with Gasteiger partial charge in [0.05, 0.1) is 0 Å². The molecule has 2 rings (SSSR count). The number of fused-ring (bicyclic) bond motifs is 2. The summed E-state index contributed by atoms with van der Waals surface area (Å²) in [4.78, 5) is 11.8. The Labute approximate surface area is 72.4 Å². The first-order chi connectivity index (χ1) is 6.16. The first-order valence-corrected chi connectivity index (χ1v) is 4.12. The van der Waals surface area contributed by atoms with Gasteiger partial charge in [-0.2, -0.15) is 0 Å². The molecular formula is C10H16O. The number of carbonyl (C=O) groups excluding carboxylic acids is 1. The molecule has 62 valence electrons. The first kappa shape index (κ1) is 4.64. The summed E-state index contributed by atoms with van der Waals surface area (Å²) < 4.78 is 23.7. The largest absolute Gasteiger partial charge is 0.299 e. The maximum absolute atomic E-state index is 11.8. The highest BCUT2D eigenvalue weighted by Gasteiger charge is 2.61. The average Bonchev–Trinajstić information content (AvgIpc) is 2.28. The van der Waals surface area contributed by atoms with E-state index in [4.69, 9.17) is 4.11 Å². The van der Waals surface area contributed by atoms with Gasteiger partial charge in [-0.3, -0.25) is 4.79 Å². The van der Waals surface area contributed by atoms with E-state index in [-0.39, 0.29) is 17.1 Å². The van der Waals surface area contributed by atoms with Crippen LogP contribution in [0.1, 0.15) is 44.1 Å². The van der Waals surface area contributed by atoms with Gasteiger partial charge in [0.15, 0.2) is 0 Å². The van der Waals surface area contributed by atoms with E-state index in [1.807, 2.05) is 13.8 Å². The number of Topliss-reactive ketones (excluding diaryl/α,β-unsaturated/α-hetero) is 1. The van der Waals surface area contributed by atoms with E-state index in [0.29, 0.717) is 6.42 Å². The monoisotopic (exact) mass is 155 g/mol. The van der Waals surface area contributed by atoms with Crippen molar-refractivity contribution >= 4 is 5.78 Å². The van der Waals surface area contributed by atoms with Gasteiger partial charge in [0.2, 0.25) is 0 Å². The minimum Gasteiger partial charge on any atom is -0.299 e. The van der Waals surface area contributed by atoms with Crippen molar-refractivity contribution in [2.75, 3.05) is 0 Å². The molecule has 0 amide bonds. The zero-order valence-electron chi connectivity index (χ0n) is 10.3. The molecular weight excluding hydrogens is 136 g/mol. The molecule has 2 aliphatic rings. The second-order valence-electron chi connectivity index (χ2n) is 4.41. The lowest BCUT2D eigenvalue weighted by Gasteiger charge is -2.32. The quantitative estimate of drug-likeness (QED) is 0.525. The van der Waals surface area contributed by atoms with E-state index >= 15 is 0 Å². The molecule has 0 aromatic rings. The van der Waals surface area contributed by atoms with Crippen molar-refractivity contribution in [3.63, 3.8) is 0 Å². The van der Waals surface area contributed by atoms with Gasteiger partial charge in [0.25, 0.3) is 0 Å². The molecule has 0 radical (unpaired) electrons. The smallest absolute Gasteiger partial charge is 0.139 e.